The van der Waals surface area contributed by atoms with Crippen molar-refractivity contribution in [1.29, 1.82) is 0 Å². The molecule has 2 aromatic rings. The molecule has 0 saturated heterocycles. The van der Waals surface area contributed by atoms with Gasteiger partial charge in [0.05, 0.1) is 4.92 Å². The normalized spacial score (nSPS) is 10.5. The van der Waals surface area contributed by atoms with Gasteiger partial charge in [-0.1, -0.05) is 28.1 Å². The highest BCUT2D eigenvalue weighted by Gasteiger charge is 2.04. The van der Waals surface area contributed by atoms with Crippen LogP contribution in [0.5, 0.6) is 5.75 Å². The monoisotopic (exact) mass is 391 g/mol. The van der Waals surface area contributed by atoms with Crippen molar-refractivity contribution in [2.24, 2.45) is 0 Å². The van der Waals surface area contributed by atoms with Gasteiger partial charge in [0.2, 0.25) is 0 Å². The van der Waals surface area contributed by atoms with Crippen LogP contribution in [0.15, 0.2) is 59.1 Å². The maximum absolute atomic E-state index is 11.6. The minimum Gasteiger partial charge on any atom is -0.490 e. The van der Waals surface area contributed by atoms with Crippen LogP contribution in [-0.2, 0) is 9.53 Å². The smallest absolute Gasteiger partial charge is 0.330 e. The predicted octanol–water partition coefficient (Wildman–Crippen LogP) is 3.99. The average molecular weight is 392 g/mol. The van der Waals surface area contributed by atoms with E-state index in [1.807, 2.05) is 12.1 Å². The third-order valence-electron chi connectivity index (χ3n) is 2.90. The molecule has 0 fully saturated rings. The molecule has 2 aromatic carbocycles. The van der Waals surface area contributed by atoms with E-state index in [2.05, 4.69) is 15.9 Å². The number of hydrogen-bond acceptors (Lipinski definition) is 5. The Morgan fingerprint density at radius 2 is 1.92 bits per heavy atom. The fourth-order valence-electron chi connectivity index (χ4n) is 1.79. The summed E-state index contributed by atoms with van der Waals surface area (Å²) in [5.41, 5.74) is 0.515. The molecule has 24 heavy (non-hydrogen) atoms. The molecular weight excluding hydrogens is 378 g/mol. The molecule has 0 aliphatic carbocycles. The van der Waals surface area contributed by atoms with Crippen molar-refractivity contribution in [3.8, 4) is 5.75 Å². The molecule has 0 unspecified atom stereocenters. The van der Waals surface area contributed by atoms with Gasteiger partial charge in [-0.05, 0) is 35.9 Å². The van der Waals surface area contributed by atoms with Crippen LogP contribution in [0.25, 0.3) is 6.08 Å². The van der Waals surface area contributed by atoms with Crippen LogP contribution in [0.1, 0.15) is 5.56 Å². The number of halogens is 1. The molecule has 124 valence electrons. The number of nitrogens with zero attached hydrogens (tertiary/aromatic N) is 1. The van der Waals surface area contributed by atoms with Crippen LogP contribution in [0.4, 0.5) is 5.69 Å². The average Bonchev–Trinajstić information content (AvgIpc) is 2.58. The van der Waals surface area contributed by atoms with E-state index in [1.54, 1.807) is 24.3 Å². The highest BCUT2D eigenvalue weighted by Crippen LogP contribution is 2.16. The molecule has 7 heteroatoms. The summed E-state index contributed by atoms with van der Waals surface area (Å²) in [6.45, 7) is 0.339. The predicted molar refractivity (Wildman–Crippen MR) is 92.7 cm³/mol. The van der Waals surface area contributed by atoms with E-state index in [-0.39, 0.29) is 18.9 Å². The van der Waals surface area contributed by atoms with Gasteiger partial charge >= 0.3 is 5.97 Å². The topological polar surface area (TPSA) is 78.7 Å². The van der Waals surface area contributed by atoms with Gasteiger partial charge in [0.25, 0.3) is 5.69 Å². The zero-order chi connectivity index (χ0) is 17.4. The quantitative estimate of drug-likeness (QED) is 0.234. The van der Waals surface area contributed by atoms with E-state index in [4.69, 9.17) is 9.47 Å². The largest absolute Gasteiger partial charge is 0.490 e. The zero-order valence-corrected chi connectivity index (χ0v) is 14.1. The van der Waals surface area contributed by atoms with Crippen molar-refractivity contribution in [1.82, 2.24) is 0 Å². The van der Waals surface area contributed by atoms with Gasteiger partial charge < -0.3 is 9.47 Å². The second-order valence-corrected chi connectivity index (χ2v) is 5.57. The number of nitro benzene ring substituents is 1. The van der Waals surface area contributed by atoms with Crippen LogP contribution in [-0.4, -0.2) is 24.1 Å². The second kappa shape index (κ2) is 8.83. The molecule has 2 rings (SSSR count). The molecule has 0 aliphatic rings. The third-order valence-corrected chi connectivity index (χ3v) is 3.43. The maximum Gasteiger partial charge on any atom is 0.330 e. The Hall–Kier alpha value is -2.67. The van der Waals surface area contributed by atoms with Gasteiger partial charge in [-0.3, -0.25) is 10.1 Å². The summed E-state index contributed by atoms with van der Waals surface area (Å²) in [4.78, 5) is 21.8. The zero-order valence-electron chi connectivity index (χ0n) is 12.6. The number of hydrogen-bond donors (Lipinski definition) is 0. The molecule has 0 heterocycles. The molecule has 0 spiro atoms. The first-order valence-electron chi connectivity index (χ1n) is 7.02. The lowest BCUT2D eigenvalue weighted by atomic mass is 10.2. The first-order valence-corrected chi connectivity index (χ1v) is 7.81. The number of carbonyl (C=O) groups excluding carboxylic acids is 1. The molecule has 0 saturated carbocycles. The minimum absolute atomic E-state index is 0.0339. The van der Waals surface area contributed by atoms with Crippen molar-refractivity contribution in [3.05, 3.63) is 74.8 Å². The summed E-state index contributed by atoms with van der Waals surface area (Å²) in [5.74, 6) is 0.141. The Morgan fingerprint density at radius 1 is 1.17 bits per heavy atom. The Morgan fingerprint density at radius 3 is 2.62 bits per heavy atom. The van der Waals surface area contributed by atoms with Crippen LogP contribution < -0.4 is 4.74 Å². The van der Waals surface area contributed by atoms with Crippen molar-refractivity contribution < 1.29 is 19.2 Å². The molecule has 0 N–H and O–H groups in total. The first kappa shape index (κ1) is 17.7. The molecule has 0 radical (unpaired) electrons. The number of nitro groups is 1. The van der Waals surface area contributed by atoms with Crippen molar-refractivity contribution in [2.75, 3.05) is 13.2 Å². The van der Waals surface area contributed by atoms with Gasteiger partial charge in [-0.2, -0.15) is 0 Å². The number of non-ortho nitro benzene ring substituents is 1. The molecule has 0 amide bonds. The Kier molecular flexibility index (Phi) is 6.51. The van der Waals surface area contributed by atoms with Crippen LogP contribution in [0.3, 0.4) is 0 Å². The van der Waals surface area contributed by atoms with E-state index in [0.29, 0.717) is 11.3 Å². The summed E-state index contributed by atoms with van der Waals surface area (Å²) < 4.78 is 11.4. The Balaban J connectivity index is 1.75. The standard InChI is InChI=1S/C17H14BrNO5/c18-14-5-7-16(8-6-14)23-10-11-24-17(20)9-4-13-2-1-3-15(12-13)19(21)22/h1-9,12H,10-11H2/b9-4+. The van der Waals surface area contributed by atoms with E-state index in [9.17, 15) is 14.9 Å². The lowest BCUT2D eigenvalue weighted by Crippen LogP contribution is -2.10. The summed E-state index contributed by atoms with van der Waals surface area (Å²) in [6.07, 6.45) is 2.68. The van der Waals surface area contributed by atoms with Crippen molar-refractivity contribution in [3.63, 3.8) is 0 Å². The number of benzene rings is 2. The SMILES string of the molecule is O=C(/C=C/c1cccc([N+](=O)[O-])c1)OCCOc1ccc(Br)cc1. The van der Waals surface area contributed by atoms with Gasteiger partial charge in [0.15, 0.2) is 0 Å². The first-order chi connectivity index (χ1) is 11.5. The van der Waals surface area contributed by atoms with Crippen molar-refractivity contribution >= 4 is 33.7 Å². The van der Waals surface area contributed by atoms with E-state index < -0.39 is 10.9 Å². The van der Waals surface area contributed by atoms with Gasteiger partial charge in [-0.15, -0.1) is 0 Å². The maximum atomic E-state index is 11.6. The Bertz CT molecular complexity index is 743. The fraction of sp³-hybridized carbons (Fsp3) is 0.118. The summed E-state index contributed by atoms with van der Waals surface area (Å²) >= 11 is 3.33. The summed E-state index contributed by atoms with van der Waals surface area (Å²) in [6, 6.07) is 13.3. The fourth-order valence-corrected chi connectivity index (χ4v) is 2.05. The van der Waals surface area contributed by atoms with Crippen molar-refractivity contribution in [2.45, 2.75) is 0 Å². The Labute approximate surface area is 147 Å². The number of esters is 1. The molecule has 0 aliphatic heterocycles. The number of carbonyl (C=O) groups is 1. The highest BCUT2D eigenvalue weighted by molar-refractivity contribution is 9.10. The van der Waals surface area contributed by atoms with E-state index >= 15 is 0 Å². The number of ether oxygens (including phenoxy) is 2. The molecule has 6 nitrogen and oxygen atoms in total. The number of rotatable bonds is 7. The summed E-state index contributed by atoms with van der Waals surface area (Å²) in [5, 5.41) is 10.7. The van der Waals surface area contributed by atoms with Gasteiger partial charge in [-0.25, -0.2) is 4.79 Å². The molecule has 0 aromatic heterocycles. The molecular formula is C17H14BrNO5. The minimum atomic E-state index is -0.541. The van der Waals surface area contributed by atoms with E-state index in [1.165, 1.54) is 24.3 Å². The van der Waals surface area contributed by atoms with Crippen LogP contribution in [0.2, 0.25) is 0 Å². The lowest BCUT2D eigenvalue weighted by Gasteiger charge is -2.06. The third kappa shape index (κ3) is 5.85. The second-order valence-electron chi connectivity index (χ2n) is 4.66. The van der Waals surface area contributed by atoms with Gasteiger partial charge in [0, 0.05) is 22.7 Å². The summed E-state index contributed by atoms with van der Waals surface area (Å²) in [7, 11) is 0. The van der Waals surface area contributed by atoms with E-state index in [0.717, 1.165) is 4.47 Å². The van der Waals surface area contributed by atoms with Crippen LogP contribution in [0, 0.1) is 10.1 Å². The highest BCUT2D eigenvalue weighted by atomic mass is 79.9. The molecule has 0 atom stereocenters. The molecule has 0 bridgehead atoms. The lowest BCUT2D eigenvalue weighted by molar-refractivity contribution is -0.384. The van der Waals surface area contributed by atoms with Crippen LogP contribution >= 0.6 is 15.9 Å². The van der Waals surface area contributed by atoms with Gasteiger partial charge in [0.1, 0.15) is 19.0 Å².